The number of carbonyl (C=O) groups excluding carboxylic acids is 2. The third-order valence-corrected chi connectivity index (χ3v) is 4.87. The summed E-state index contributed by atoms with van der Waals surface area (Å²) in [4.78, 5) is 27.2. The van der Waals surface area contributed by atoms with Gasteiger partial charge < -0.3 is 9.64 Å². The fourth-order valence-corrected chi connectivity index (χ4v) is 3.22. The van der Waals surface area contributed by atoms with Crippen LogP contribution in [0.25, 0.3) is 0 Å². The summed E-state index contributed by atoms with van der Waals surface area (Å²) in [5, 5.41) is 1.85. The van der Waals surface area contributed by atoms with Gasteiger partial charge in [0, 0.05) is 7.05 Å². The molecule has 0 spiro atoms. The van der Waals surface area contributed by atoms with Gasteiger partial charge in [-0.25, -0.2) is 4.79 Å². The van der Waals surface area contributed by atoms with Crippen molar-refractivity contribution in [3.05, 3.63) is 87.6 Å². The van der Waals surface area contributed by atoms with E-state index in [9.17, 15) is 9.59 Å². The first-order valence-electron chi connectivity index (χ1n) is 8.19. The quantitative estimate of drug-likeness (QED) is 0.616. The maximum atomic E-state index is 12.6. The van der Waals surface area contributed by atoms with Crippen LogP contribution >= 0.6 is 11.3 Å². The summed E-state index contributed by atoms with van der Waals surface area (Å²) in [7, 11) is 1.66. The lowest BCUT2D eigenvalue weighted by Crippen LogP contribution is -2.27. The molecular weight excluding hydrogens is 346 g/mol. The predicted molar refractivity (Wildman–Crippen MR) is 104 cm³/mol. The van der Waals surface area contributed by atoms with Crippen molar-refractivity contribution in [1.82, 2.24) is 0 Å². The second-order valence-corrected chi connectivity index (χ2v) is 6.87. The number of benzene rings is 2. The predicted octanol–water partition coefficient (Wildman–Crippen LogP) is 4.69. The summed E-state index contributed by atoms with van der Waals surface area (Å²) in [5.41, 5.74) is 2.97. The van der Waals surface area contributed by atoms with E-state index in [1.807, 2.05) is 42.6 Å². The molecule has 0 aliphatic heterocycles. The van der Waals surface area contributed by atoms with Crippen molar-refractivity contribution in [2.45, 2.75) is 13.5 Å². The van der Waals surface area contributed by atoms with Crippen LogP contribution in [0.15, 0.2) is 66.0 Å². The van der Waals surface area contributed by atoms with Gasteiger partial charge in [-0.05, 0) is 36.1 Å². The van der Waals surface area contributed by atoms with Gasteiger partial charge >= 0.3 is 5.97 Å². The highest BCUT2D eigenvalue weighted by atomic mass is 32.1. The zero-order chi connectivity index (χ0) is 18.5. The number of thiophene rings is 1. The molecule has 0 N–H and O–H groups in total. The van der Waals surface area contributed by atoms with Gasteiger partial charge in [0.2, 0.25) is 0 Å². The average molecular weight is 365 g/mol. The molecule has 5 heteroatoms. The fourth-order valence-electron chi connectivity index (χ4n) is 2.52. The monoisotopic (exact) mass is 365 g/mol. The highest BCUT2D eigenvalue weighted by Gasteiger charge is 2.21. The number of nitrogens with zero attached hydrogens (tertiary/aromatic N) is 1. The van der Waals surface area contributed by atoms with Gasteiger partial charge in [-0.1, -0.05) is 48.0 Å². The molecule has 0 saturated heterocycles. The SMILES string of the molecule is Cc1ccc(COC(=O)c2ccccc2N(C)C(=O)c2cccs2)cc1. The van der Waals surface area contributed by atoms with E-state index < -0.39 is 5.97 Å². The van der Waals surface area contributed by atoms with Gasteiger partial charge in [-0.15, -0.1) is 11.3 Å². The lowest BCUT2D eigenvalue weighted by atomic mass is 10.1. The molecule has 2 aromatic carbocycles. The number of hydrogen-bond donors (Lipinski definition) is 0. The van der Waals surface area contributed by atoms with Gasteiger partial charge in [-0.3, -0.25) is 4.79 Å². The molecule has 1 heterocycles. The van der Waals surface area contributed by atoms with Crippen molar-refractivity contribution in [3.63, 3.8) is 0 Å². The molecule has 1 aromatic heterocycles. The molecule has 0 fully saturated rings. The van der Waals surface area contributed by atoms with Crippen molar-refractivity contribution < 1.29 is 14.3 Å². The number of hydrogen-bond acceptors (Lipinski definition) is 4. The Hall–Kier alpha value is -2.92. The molecule has 0 atom stereocenters. The van der Waals surface area contributed by atoms with Gasteiger partial charge in [0.05, 0.1) is 16.1 Å². The first-order valence-corrected chi connectivity index (χ1v) is 9.07. The molecule has 132 valence electrons. The molecule has 26 heavy (non-hydrogen) atoms. The molecule has 0 unspecified atom stereocenters. The van der Waals surface area contributed by atoms with E-state index in [1.165, 1.54) is 16.2 Å². The third kappa shape index (κ3) is 4.00. The second-order valence-electron chi connectivity index (χ2n) is 5.92. The van der Waals surface area contributed by atoms with Crippen LogP contribution in [0.5, 0.6) is 0 Å². The summed E-state index contributed by atoms with van der Waals surface area (Å²) >= 11 is 1.37. The number of ether oxygens (including phenoxy) is 1. The first kappa shape index (κ1) is 17.9. The fraction of sp³-hybridized carbons (Fsp3) is 0.143. The highest BCUT2D eigenvalue weighted by molar-refractivity contribution is 7.12. The normalized spacial score (nSPS) is 10.4. The van der Waals surface area contributed by atoms with Crippen molar-refractivity contribution >= 4 is 28.9 Å². The number of amides is 1. The van der Waals surface area contributed by atoms with Crippen molar-refractivity contribution in [3.8, 4) is 0 Å². The molecule has 0 aliphatic carbocycles. The molecule has 0 radical (unpaired) electrons. The van der Waals surface area contributed by atoms with Crippen LogP contribution in [0.2, 0.25) is 0 Å². The van der Waals surface area contributed by atoms with Crippen LogP contribution in [0, 0.1) is 6.92 Å². The minimum absolute atomic E-state index is 0.154. The van der Waals surface area contributed by atoms with Gasteiger partial charge in [0.1, 0.15) is 6.61 Å². The summed E-state index contributed by atoms with van der Waals surface area (Å²) in [5.74, 6) is -0.606. The van der Waals surface area contributed by atoms with Crippen LogP contribution in [0.4, 0.5) is 5.69 Å². The van der Waals surface area contributed by atoms with E-state index in [1.54, 1.807) is 37.4 Å². The molecule has 3 aromatic rings. The van der Waals surface area contributed by atoms with E-state index in [0.717, 1.165) is 11.1 Å². The smallest absolute Gasteiger partial charge is 0.340 e. The number of anilines is 1. The van der Waals surface area contributed by atoms with Gasteiger partial charge in [0.15, 0.2) is 0 Å². The Balaban J connectivity index is 1.76. The molecule has 0 aliphatic rings. The number of aryl methyl sites for hydroxylation is 1. The van der Waals surface area contributed by atoms with Crippen molar-refractivity contribution in [2.75, 3.05) is 11.9 Å². The van der Waals surface area contributed by atoms with Gasteiger partial charge in [-0.2, -0.15) is 0 Å². The Labute approximate surface area is 156 Å². The minimum atomic E-state index is -0.452. The third-order valence-electron chi connectivity index (χ3n) is 4.01. The van der Waals surface area contributed by atoms with Crippen LogP contribution in [0.1, 0.15) is 31.2 Å². The maximum Gasteiger partial charge on any atom is 0.340 e. The summed E-state index contributed by atoms with van der Waals surface area (Å²) in [6, 6.07) is 18.4. The number of carbonyl (C=O) groups is 2. The lowest BCUT2D eigenvalue weighted by Gasteiger charge is -2.19. The van der Waals surface area contributed by atoms with Crippen molar-refractivity contribution in [1.29, 1.82) is 0 Å². The Kier molecular flexibility index (Phi) is 5.49. The van der Waals surface area contributed by atoms with Crippen LogP contribution in [-0.2, 0) is 11.3 Å². The zero-order valence-corrected chi connectivity index (χ0v) is 15.5. The Bertz CT molecular complexity index is 901. The second kappa shape index (κ2) is 7.97. The molecule has 0 bridgehead atoms. The Morgan fingerprint density at radius 2 is 1.73 bits per heavy atom. The summed E-state index contributed by atoms with van der Waals surface area (Å²) in [6.07, 6.45) is 0. The molecule has 4 nitrogen and oxygen atoms in total. The molecular formula is C21H19NO3S. The standard InChI is InChI=1S/C21H19NO3S/c1-15-9-11-16(12-10-15)14-25-21(24)17-6-3-4-7-18(17)22(2)20(23)19-8-5-13-26-19/h3-13H,14H2,1-2H3. The van der Waals surface area contributed by atoms with E-state index in [2.05, 4.69) is 0 Å². The summed E-state index contributed by atoms with van der Waals surface area (Å²) < 4.78 is 5.44. The van der Waals surface area contributed by atoms with E-state index in [-0.39, 0.29) is 12.5 Å². The Morgan fingerprint density at radius 3 is 2.42 bits per heavy atom. The van der Waals surface area contributed by atoms with E-state index in [0.29, 0.717) is 16.1 Å². The number of para-hydroxylation sites is 1. The minimum Gasteiger partial charge on any atom is -0.457 e. The largest absolute Gasteiger partial charge is 0.457 e. The molecule has 3 rings (SSSR count). The molecule has 1 amide bonds. The highest BCUT2D eigenvalue weighted by Crippen LogP contribution is 2.23. The summed E-state index contributed by atoms with van der Waals surface area (Å²) in [6.45, 7) is 2.20. The van der Waals surface area contributed by atoms with Crippen LogP contribution in [0.3, 0.4) is 0 Å². The number of esters is 1. The number of rotatable bonds is 5. The maximum absolute atomic E-state index is 12.6. The topological polar surface area (TPSA) is 46.6 Å². The zero-order valence-electron chi connectivity index (χ0n) is 14.6. The Morgan fingerprint density at radius 1 is 1.00 bits per heavy atom. The van der Waals surface area contributed by atoms with Gasteiger partial charge in [0.25, 0.3) is 5.91 Å². The molecule has 0 saturated carbocycles. The lowest BCUT2D eigenvalue weighted by molar-refractivity contribution is 0.0473. The van der Waals surface area contributed by atoms with Crippen molar-refractivity contribution in [2.24, 2.45) is 0 Å². The first-order chi connectivity index (χ1) is 12.6. The van der Waals surface area contributed by atoms with E-state index in [4.69, 9.17) is 4.74 Å². The van der Waals surface area contributed by atoms with Crippen LogP contribution in [-0.4, -0.2) is 18.9 Å². The average Bonchev–Trinajstić information content (AvgIpc) is 3.21. The van der Waals surface area contributed by atoms with Crippen LogP contribution < -0.4 is 4.90 Å². The van der Waals surface area contributed by atoms with E-state index >= 15 is 0 Å².